The summed E-state index contributed by atoms with van der Waals surface area (Å²) in [5.74, 6) is 0.972. The van der Waals surface area contributed by atoms with Crippen molar-refractivity contribution in [2.24, 2.45) is 0 Å². The van der Waals surface area contributed by atoms with Gasteiger partial charge in [0.1, 0.15) is 5.75 Å². The molecule has 0 saturated heterocycles. The Balaban J connectivity index is 1.71. The number of ether oxygens (including phenoxy) is 1. The zero-order valence-corrected chi connectivity index (χ0v) is 15.6. The summed E-state index contributed by atoms with van der Waals surface area (Å²) in [5, 5.41) is 8.08. The number of thioether (sulfide) groups is 1. The van der Waals surface area contributed by atoms with E-state index in [0.29, 0.717) is 16.9 Å². The second kappa shape index (κ2) is 8.05. The molecule has 0 spiro atoms. The van der Waals surface area contributed by atoms with Crippen molar-refractivity contribution in [3.8, 4) is 17.2 Å². The third-order valence-corrected chi connectivity index (χ3v) is 4.77. The van der Waals surface area contributed by atoms with Crippen molar-refractivity contribution in [3.05, 3.63) is 54.6 Å². The smallest absolute Gasteiger partial charge is 0.277 e. The number of amides is 1. The van der Waals surface area contributed by atoms with Crippen LogP contribution in [0.15, 0.2) is 64.2 Å². The third-order valence-electron chi connectivity index (χ3n) is 3.84. The second-order valence-corrected chi connectivity index (χ2v) is 6.86. The molecule has 0 bridgehead atoms. The number of carbonyl (C=O) groups is 1. The van der Waals surface area contributed by atoms with E-state index in [1.54, 1.807) is 19.1 Å². The van der Waals surface area contributed by atoms with Gasteiger partial charge in [-0.05, 0) is 31.2 Å². The number of hydrogen-bond donors (Lipinski definition) is 0. The van der Waals surface area contributed by atoms with Crippen LogP contribution < -0.4 is 9.64 Å². The lowest BCUT2D eigenvalue weighted by Crippen LogP contribution is -2.33. The van der Waals surface area contributed by atoms with Crippen molar-refractivity contribution < 1.29 is 13.9 Å². The number of aromatic nitrogens is 2. The number of nitrogens with zero attached hydrogens (tertiary/aromatic N) is 3. The lowest BCUT2D eigenvalue weighted by atomic mass is 10.2. The predicted octanol–water partition coefficient (Wildman–Crippen LogP) is 3.89. The number of benzene rings is 2. The Morgan fingerprint density at radius 1 is 1.12 bits per heavy atom. The normalized spacial score (nSPS) is 11.8. The molecule has 6 nitrogen and oxygen atoms in total. The van der Waals surface area contributed by atoms with Crippen molar-refractivity contribution in [2.75, 3.05) is 19.1 Å². The maximum Gasteiger partial charge on any atom is 0.277 e. The fourth-order valence-corrected chi connectivity index (χ4v) is 3.22. The monoisotopic (exact) mass is 369 g/mol. The van der Waals surface area contributed by atoms with E-state index in [4.69, 9.17) is 9.15 Å². The maximum atomic E-state index is 12.6. The summed E-state index contributed by atoms with van der Waals surface area (Å²) in [6.07, 6.45) is 0. The van der Waals surface area contributed by atoms with E-state index in [1.165, 1.54) is 11.8 Å². The van der Waals surface area contributed by atoms with E-state index in [2.05, 4.69) is 10.2 Å². The largest absolute Gasteiger partial charge is 0.496 e. The Kier molecular flexibility index (Phi) is 5.58. The fourth-order valence-electron chi connectivity index (χ4n) is 2.44. The van der Waals surface area contributed by atoms with Crippen molar-refractivity contribution >= 4 is 23.4 Å². The van der Waals surface area contributed by atoms with Crippen LogP contribution in [0.5, 0.6) is 5.75 Å². The van der Waals surface area contributed by atoms with E-state index in [1.807, 2.05) is 61.5 Å². The number of carbonyl (C=O) groups excluding carboxylic acids is 1. The average molecular weight is 369 g/mol. The van der Waals surface area contributed by atoms with Gasteiger partial charge in [-0.15, -0.1) is 10.2 Å². The lowest BCUT2D eigenvalue weighted by Gasteiger charge is -2.20. The van der Waals surface area contributed by atoms with Gasteiger partial charge in [0, 0.05) is 12.7 Å². The molecule has 0 N–H and O–H groups in total. The molecule has 1 aromatic heterocycles. The number of rotatable bonds is 6. The van der Waals surface area contributed by atoms with Gasteiger partial charge in [-0.1, -0.05) is 42.1 Å². The summed E-state index contributed by atoms with van der Waals surface area (Å²) in [7, 11) is 3.34. The van der Waals surface area contributed by atoms with Crippen molar-refractivity contribution in [1.82, 2.24) is 10.2 Å². The van der Waals surface area contributed by atoms with Crippen molar-refractivity contribution in [3.63, 3.8) is 0 Å². The molecule has 7 heteroatoms. The molecule has 2 aromatic carbocycles. The van der Waals surface area contributed by atoms with Crippen molar-refractivity contribution in [2.45, 2.75) is 17.4 Å². The van der Waals surface area contributed by atoms with Gasteiger partial charge >= 0.3 is 0 Å². The highest BCUT2D eigenvalue weighted by molar-refractivity contribution is 8.00. The van der Waals surface area contributed by atoms with Gasteiger partial charge in [0.25, 0.3) is 11.1 Å². The molecule has 134 valence electrons. The van der Waals surface area contributed by atoms with Crippen molar-refractivity contribution in [1.29, 1.82) is 0 Å². The molecule has 1 atom stereocenters. The molecule has 26 heavy (non-hydrogen) atoms. The number of methoxy groups -OCH3 is 1. The van der Waals surface area contributed by atoms with Crippen LogP contribution in [0.3, 0.4) is 0 Å². The number of hydrogen-bond acceptors (Lipinski definition) is 6. The molecule has 1 heterocycles. The number of anilines is 1. The molecule has 0 saturated carbocycles. The first-order valence-corrected chi connectivity index (χ1v) is 8.94. The summed E-state index contributed by atoms with van der Waals surface area (Å²) in [6.45, 7) is 1.82. The van der Waals surface area contributed by atoms with Gasteiger partial charge < -0.3 is 14.1 Å². The van der Waals surface area contributed by atoms with E-state index >= 15 is 0 Å². The topological polar surface area (TPSA) is 68.5 Å². The van der Waals surface area contributed by atoms with Crippen LogP contribution in [0, 0.1) is 0 Å². The fraction of sp³-hybridized carbons (Fsp3) is 0.211. The molecule has 3 aromatic rings. The van der Waals surface area contributed by atoms with Crippen LogP contribution in [0.1, 0.15) is 6.92 Å². The highest BCUT2D eigenvalue weighted by Gasteiger charge is 2.23. The Bertz CT molecular complexity index is 883. The average Bonchev–Trinajstić information content (AvgIpc) is 3.15. The highest BCUT2D eigenvalue weighted by atomic mass is 32.2. The summed E-state index contributed by atoms with van der Waals surface area (Å²) >= 11 is 1.23. The quantitative estimate of drug-likeness (QED) is 0.614. The summed E-state index contributed by atoms with van der Waals surface area (Å²) < 4.78 is 11.0. The Hall–Kier alpha value is -2.80. The zero-order chi connectivity index (χ0) is 18.5. The Morgan fingerprint density at radius 3 is 2.54 bits per heavy atom. The van der Waals surface area contributed by atoms with Gasteiger partial charge in [0.15, 0.2) is 0 Å². The van der Waals surface area contributed by atoms with Crippen LogP contribution >= 0.6 is 11.8 Å². The van der Waals surface area contributed by atoms with E-state index < -0.39 is 0 Å². The maximum absolute atomic E-state index is 12.6. The summed E-state index contributed by atoms with van der Waals surface area (Å²) in [5.41, 5.74) is 1.56. The molecular formula is C19H19N3O3S. The molecular weight excluding hydrogens is 350 g/mol. The minimum atomic E-state index is -0.369. The predicted molar refractivity (Wildman–Crippen MR) is 101 cm³/mol. The first kappa shape index (κ1) is 18.0. The minimum absolute atomic E-state index is 0.0433. The summed E-state index contributed by atoms with van der Waals surface area (Å²) in [6, 6.07) is 16.9. The third kappa shape index (κ3) is 3.88. The van der Waals surface area contributed by atoms with Gasteiger partial charge in [-0.3, -0.25) is 4.79 Å². The first-order chi connectivity index (χ1) is 12.6. The van der Waals surface area contributed by atoms with Crippen LogP contribution in [0.2, 0.25) is 0 Å². The van der Waals surface area contributed by atoms with Gasteiger partial charge in [-0.25, -0.2) is 0 Å². The van der Waals surface area contributed by atoms with Gasteiger partial charge in [0.05, 0.1) is 17.9 Å². The van der Waals surface area contributed by atoms with Crippen LogP contribution in [-0.2, 0) is 4.79 Å². The van der Waals surface area contributed by atoms with E-state index in [0.717, 1.165) is 11.3 Å². The summed E-state index contributed by atoms with van der Waals surface area (Å²) in [4.78, 5) is 14.2. The SMILES string of the molecule is COc1ccccc1-c1nnc(S[C@@H](C)C(=O)N(C)c2ccccc2)o1. The van der Waals surface area contributed by atoms with Crippen LogP contribution in [-0.4, -0.2) is 35.5 Å². The number of para-hydroxylation sites is 2. The van der Waals surface area contributed by atoms with Gasteiger partial charge in [-0.2, -0.15) is 0 Å². The standard InChI is InChI=1S/C19H19N3O3S/c1-13(18(23)22(2)14-9-5-4-6-10-14)26-19-21-20-17(25-19)15-11-7-8-12-16(15)24-3/h4-13H,1-3H3/t13-/m0/s1. The van der Waals surface area contributed by atoms with E-state index in [-0.39, 0.29) is 11.2 Å². The highest BCUT2D eigenvalue weighted by Crippen LogP contribution is 2.32. The molecule has 0 unspecified atom stereocenters. The van der Waals surface area contributed by atoms with E-state index in [9.17, 15) is 4.79 Å². The molecule has 1 amide bonds. The van der Waals surface area contributed by atoms with Crippen LogP contribution in [0.4, 0.5) is 5.69 Å². The molecule has 3 rings (SSSR count). The Morgan fingerprint density at radius 2 is 1.81 bits per heavy atom. The molecule has 0 aliphatic rings. The van der Waals surface area contributed by atoms with Crippen LogP contribution in [0.25, 0.3) is 11.5 Å². The minimum Gasteiger partial charge on any atom is -0.496 e. The molecule has 0 fully saturated rings. The molecule has 0 aliphatic heterocycles. The second-order valence-electron chi connectivity index (χ2n) is 5.57. The van der Waals surface area contributed by atoms with Gasteiger partial charge in [0.2, 0.25) is 5.91 Å². The zero-order valence-electron chi connectivity index (χ0n) is 14.7. The molecule has 0 aliphatic carbocycles. The first-order valence-electron chi connectivity index (χ1n) is 8.06. The molecule has 0 radical (unpaired) electrons. The Labute approximate surface area is 156 Å². The lowest BCUT2D eigenvalue weighted by molar-refractivity contribution is -0.117.